The van der Waals surface area contributed by atoms with E-state index in [4.69, 9.17) is 0 Å². The lowest BCUT2D eigenvalue weighted by molar-refractivity contribution is 0.0750. The number of piperidine rings is 1. The molecule has 0 aromatic carbocycles. The monoisotopic (exact) mass is 381 g/mol. The van der Waals surface area contributed by atoms with Crippen molar-refractivity contribution in [2.24, 2.45) is 0 Å². The van der Waals surface area contributed by atoms with Gasteiger partial charge in [0.1, 0.15) is 5.69 Å². The third-order valence-electron chi connectivity index (χ3n) is 6.11. The largest absolute Gasteiger partial charge is 0.337 e. The molecule has 6 nitrogen and oxygen atoms in total. The van der Waals surface area contributed by atoms with Gasteiger partial charge in [-0.25, -0.2) is 0 Å². The van der Waals surface area contributed by atoms with Crippen LogP contribution in [0.1, 0.15) is 61.5 Å². The van der Waals surface area contributed by atoms with Gasteiger partial charge in [0.2, 0.25) is 0 Å². The molecule has 3 fully saturated rings. The van der Waals surface area contributed by atoms with Crippen LogP contribution in [0.4, 0.5) is 0 Å². The number of hydrogen-bond acceptors (Lipinski definition) is 4. The van der Waals surface area contributed by atoms with Gasteiger partial charge in [-0.15, -0.1) is 12.4 Å². The van der Waals surface area contributed by atoms with E-state index in [9.17, 15) is 4.79 Å². The average Bonchev–Trinajstić information content (AvgIpc) is 3.30. The number of hydrogen-bond donors (Lipinski definition) is 1. The summed E-state index contributed by atoms with van der Waals surface area (Å²) in [7, 11) is 0. The van der Waals surface area contributed by atoms with Crippen molar-refractivity contribution in [2.75, 3.05) is 39.3 Å². The van der Waals surface area contributed by atoms with Gasteiger partial charge in [-0.2, -0.15) is 5.10 Å². The quantitative estimate of drug-likeness (QED) is 0.873. The topological polar surface area (TPSA) is 53.4 Å². The van der Waals surface area contributed by atoms with Crippen LogP contribution in [0.3, 0.4) is 0 Å². The molecule has 0 spiro atoms. The summed E-state index contributed by atoms with van der Waals surface area (Å²) in [5.74, 6) is 0.115. The molecule has 1 amide bonds. The molecule has 1 N–H and O–H groups in total. The number of aromatic nitrogens is 2. The Kier molecular flexibility index (Phi) is 6.95. The van der Waals surface area contributed by atoms with Crippen LogP contribution in [0.5, 0.6) is 0 Å². The molecular weight excluding hydrogens is 350 g/mol. The molecule has 0 saturated carbocycles. The van der Waals surface area contributed by atoms with Gasteiger partial charge >= 0.3 is 0 Å². The zero-order chi connectivity index (χ0) is 17.1. The first kappa shape index (κ1) is 19.6. The van der Waals surface area contributed by atoms with Gasteiger partial charge in [-0.1, -0.05) is 0 Å². The number of halogens is 1. The highest BCUT2D eigenvalue weighted by atomic mass is 35.5. The summed E-state index contributed by atoms with van der Waals surface area (Å²) in [4.78, 5) is 17.6. The first-order valence-electron chi connectivity index (χ1n) is 10.1. The highest BCUT2D eigenvalue weighted by Gasteiger charge is 2.27. The second-order valence-corrected chi connectivity index (χ2v) is 7.80. The Morgan fingerprint density at radius 1 is 1.00 bits per heavy atom. The normalized spacial score (nSPS) is 27.8. The summed E-state index contributed by atoms with van der Waals surface area (Å²) in [6.45, 7) is 6.29. The molecule has 7 heteroatoms. The maximum atomic E-state index is 12.9. The Morgan fingerprint density at radius 3 is 2.58 bits per heavy atom. The second-order valence-electron chi connectivity index (χ2n) is 7.80. The third kappa shape index (κ3) is 4.41. The van der Waals surface area contributed by atoms with Crippen molar-refractivity contribution in [3.8, 4) is 0 Å². The van der Waals surface area contributed by atoms with Gasteiger partial charge in [0.05, 0.1) is 6.04 Å². The number of amides is 1. The van der Waals surface area contributed by atoms with E-state index >= 15 is 0 Å². The van der Waals surface area contributed by atoms with Crippen LogP contribution < -0.4 is 5.32 Å². The van der Waals surface area contributed by atoms with Crippen LogP contribution in [0.2, 0.25) is 0 Å². The molecular formula is C19H32ClN5O. The van der Waals surface area contributed by atoms with Crippen molar-refractivity contribution in [1.82, 2.24) is 24.9 Å². The summed E-state index contributed by atoms with van der Waals surface area (Å²) in [5, 5.41) is 8.03. The zero-order valence-electron chi connectivity index (χ0n) is 15.6. The minimum absolute atomic E-state index is 0. The van der Waals surface area contributed by atoms with Gasteiger partial charge in [0.15, 0.2) is 0 Å². The first-order chi connectivity index (χ1) is 12.3. The van der Waals surface area contributed by atoms with Crippen molar-refractivity contribution in [2.45, 2.75) is 57.0 Å². The maximum Gasteiger partial charge on any atom is 0.274 e. The maximum absolute atomic E-state index is 12.9. The van der Waals surface area contributed by atoms with Crippen molar-refractivity contribution >= 4 is 18.3 Å². The predicted octanol–water partition coefficient (Wildman–Crippen LogP) is 2.32. The Hall–Kier alpha value is -1.11. The van der Waals surface area contributed by atoms with Crippen LogP contribution >= 0.6 is 12.4 Å². The molecule has 3 saturated heterocycles. The summed E-state index contributed by atoms with van der Waals surface area (Å²) in [6, 6.07) is 2.96. The van der Waals surface area contributed by atoms with E-state index in [1.807, 2.05) is 21.8 Å². The summed E-state index contributed by atoms with van der Waals surface area (Å²) in [6.07, 6.45) is 10.4. The Morgan fingerprint density at radius 2 is 1.81 bits per heavy atom. The van der Waals surface area contributed by atoms with Crippen LogP contribution in [-0.2, 0) is 0 Å². The molecule has 4 rings (SSSR count). The number of carbonyl (C=O) groups excluding carboxylic acids is 1. The zero-order valence-corrected chi connectivity index (χ0v) is 16.4. The standard InChI is InChI=1S/C19H31N5O.ClH/c25-19(18-8-14-24(21-18)17-5-3-9-20-15-17)23-12-4-6-16(7-13-23)22-10-1-2-11-22;/h8,14,16-17,20H,1-7,9-13,15H2;1H. The molecule has 0 aliphatic carbocycles. The van der Waals surface area contributed by atoms with E-state index in [1.54, 1.807) is 0 Å². The number of nitrogens with one attached hydrogen (secondary N) is 1. The van der Waals surface area contributed by atoms with E-state index in [1.165, 1.54) is 38.8 Å². The molecule has 146 valence electrons. The number of likely N-dealkylation sites (tertiary alicyclic amines) is 2. The molecule has 0 bridgehead atoms. The van der Waals surface area contributed by atoms with E-state index < -0.39 is 0 Å². The van der Waals surface area contributed by atoms with Gasteiger partial charge in [-0.05, 0) is 70.6 Å². The van der Waals surface area contributed by atoms with Gasteiger partial charge in [-0.3, -0.25) is 9.48 Å². The van der Waals surface area contributed by atoms with Crippen molar-refractivity contribution in [3.63, 3.8) is 0 Å². The smallest absolute Gasteiger partial charge is 0.274 e. The summed E-state index contributed by atoms with van der Waals surface area (Å²) in [5.41, 5.74) is 0.616. The average molecular weight is 382 g/mol. The SMILES string of the molecule is Cl.O=C(c1ccn(C2CCCNC2)n1)N1CCCC(N2CCCC2)CC1. The third-order valence-corrected chi connectivity index (χ3v) is 6.11. The van der Waals surface area contributed by atoms with Gasteiger partial charge < -0.3 is 15.1 Å². The molecule has 1 aromatic rings. The van der Waals surface area contributed by atoms with E-state index in [0.29, 0.717) is 17.8 Å². The lowest BCUT2D eigenvalue weighted by Crippen LogP contribution is -2.36. The highest BCUT2D eigenvalue weighted by Crippen LogP contribution is 2.22. The second kappa shape index (κ2) is 9.20. The van der Waals surface area contributed by atoms with E-state index in [-0.39, 0.29) is 18.3 Å². The van der Waals surface area contributed by atoms with Gasteiger partial charge in [0, 0.05) is 31.9 Å². The lowest BCUT2D eigenvalue weighted by atomic mass is 10.1. The Balaban J connectivity index is 0.00000196. The predicted molar refractivity (Wildman–Crippen MR) is 105 cm³/mol. The lowest BCUT2D eigenvalue weighted by Gasteiger charge is -2.26. The molecule has 2 atom stereocenters. The van der Waals surface area contributed by atoms with Gasteiger partial charge in [0.25, 0.3) is 5.91 Å². The Bertz CT molecular complexity index is 580. The first-order valence-corrected chi connectivity index (χ1v) is 10.1. The summed E-state index contributed by atoms with van der Waals surface area (Å²) >= 11 is 0. The molecule has 0 radical (unpaired) electrons. The number of carbonyl (C=O) groups is 1. The molecule has 4 heterocycles. The van der Waals surface area contributed by atoms with Crippen molar-refractivity contribution < 1.29 is 4.79 Å². The fourth-order valence-corrected chi connectivity index (χ4v) is 4.63. The van der Waals surface area contributed by atoms with Crippen LogP contribution in [-0.4, -0.2) is 70.8 Å². The van der Waals surface area contributed by atoms with E-state index in [0.717, 1.165) is 45.4 Å². The molecule has 3 aliphatic rings. The molecule has 3 aliphatic heterocycles. The van der Waals surface area contributed by atoms with Crippen LogP contribution in [0.15, 0.2) is 12.3 Å². The van der Waals surface area contributed by atoms with Crippen molar-refractivity contribution in [3.05, 3.63) is 18.0 Å². The summed E-state index contributed by atoms with van der Waals surface area (Å²) < 4.78 is 1.99. The fraction of sp³-hybridized carbons (Fsp3) is 0.789. The minimum atomic E-state index is 0. The molecule has 1 aromatic heterocycles. The Labute approximate surface area is 162 Å². The number of nitrogens with zero attached hydrogens (tertiary/aromatic N) is 4. The molecule has 2 unspecified atom stereocenters. The van der Waals surface area contributed by atoms with Crippen LogP contribution in [0, 0.1) is 0 Å². The highest BCUT2D eigenvalue weighted by molar-refractivity contribution is 5.92. The fourth-order valence-electron chi connectivity index (χ4n) is 4.63. The number of rotatable bonds is 3. The minimum Gasteiger partial charge on any atom is -0.337 e. The van der Waals surface area contributed by atoms with E-state index in [2.05, 4.69) is 15.3 Å². The van der Waals surface area contributed by atoms with Crippen LogP contribution in [0.25, 0.3) is 0 Å². The van der Waals surface area contributed by atoms with Crippen molar-refractivity contribution in [1.29, 1.82) is 0 Å². The molecule has 26 heavy (non-hydrogen) atoms.